The molecule has 0 aromatic carbocycles. The molecule has 3 unspecified atom stereocenters. The number of piperidine rings is 1. The Morgan fingerprint density at radius 1 is 1.28 bits per heavy atom. The van der Waals surface area contributed by atoms with Gasteiger partial charge in [0, 0.05) is 18.3 Å². The van der Waals surface area contributed by atoms with Crippen molar-refractivity contribution in [3.8, 4) is 0 Å². The molecular formula is C18H24N4O3. The van der Waals surface area contributed by atoms with Crippen molar-refractivity contribution < 1.29 is 14.4 Å². The lowest BCUT2D eigenvalue weighted by atomic mass is 9.96. The third kappa shape index (κ3) is 2.99. The Balaban J connectivity index is 1.78. The first-order valence-electron chi connectivity index (χ1n) is 8.71. The molecule has 2 aliphatic heterocycles. The van der Waals surface area contributed by atoms with Gasteiger partial charge in [-0.15, -0.1) is 0 Å². The summed E-state index contributed by atoms with van der Waals surface area (Å²) in [4.78, 5) is 45.0. The Kier molecular flexibility index (Phi) is 4.49. The van der Waals surface area contributed by atoms with Gasteiger partial charge in [-0.2, -0.15) is 0 Å². The van der Waals surface area contributed by atoms with Gasteiger partial charge < -0.3 is 10.2 Å². The lowest BCUT2D eigenvalue weighted by Gasteiger charge is -2.39. The van der Waals surface area contributed by atoms with Crippen LogP contribution in [0.25, 0.3) is 0 Å². The maximum absolute atomic E-state index is 12.9. The molecular weight excluding hydrogens is 320 g/mol. The van der Waals surface area contributed by atoms with Crippen LogP contribution in [0.5, 0.6) is 0 Å². The van der Waals surface area contributed by atoms with E-state index in [1.54, 1.807) is 36.2 Å². The number of carbonyl (C=O) groups is 3. The van der Waals surface area contributed by atoms with Crippen LogP contribution in [-0.4, -0.2) is 51.3 Å². The highest BCUT2D eigenvalue weighted by molar-refractivity contribution is 6.09. The van der Waals surface area contributed by atoms with Crippen molar-refractivity contribution >= 4 is 17.8 Å². The zero-order chi connectivity index (χ0) is 18.2. The van der Waals surface area contributed by atoms with E-state index in [0.29, 0.717) is 5.69 Å². The molecule has 2 fully saturated rings. The normalized spacial score (nSPS) is 29.7. The third-order valence-electron chi connectivity index (χ3n) is 5.23. The highest BCUT2D eigenvalue weighted by atomic mass is 16.2. The molecule has 2 saturated heterocycles. The molecule has 7 nitrogen and oxygen atoms in total. The predicted molar refractivity (Wildman–Crippen MR) is 91.5 cm³/mol. The van der Waals surface area contributed by atoms with Gasteiger partial charge in [-0.3, -0.25) is 19.5 Å². The van der Waals surface area contributed by atoms with Crippen molar-refractivity contribution in [1.29, 1.82) is 0 Å². The molecule has 0 spiro atoms. The number of urea groups is 1. The maximum Gasteiger partial charge on any atom is 0.325 e. The van der Waals surface area contributed by atoms with Crippen LogP contribution in [0.2, 0.25) is 0 Å². The van der Waals surface area contributed by atoms with E-state index in [-0.39, 0.29) is 24.5 Å². The molecule has 7 heteroatoms. The molecule has 2 aliphatic rings. The second kappa shape index (κ2) is 6.46. The van der Waals surface area contributed by atoms with Crippen LogP contribution in [0.15, 0.2) is 24.4 Å². The van der Waals surface area contributed by atoms with Gasteiger partial charge in [-0.05, 0) is 52.2 Å². The zero-order valence-electron chi connectivity index (χ0n) is 14.9. The highest BCUT2D eigenvalue weighted by Crippen LogP contribution is 2.28. The van der Waals surface area contributed by atoms with Crippen molar-refractivity contribution in [2.75, 3.05) is 6.54 Å². The molecule has 3 atom stereocenters. The average molecular weight is 344 g/mol. The van der Waals surface area contributed by atoms with Crippen LogP contribution in [0, 0.1) is 0 Å². The molecule has 4 amide bonds. The van der Waals surface area contributed by atoms with Gasteiger partial charge in [0.05, 0.1) is 5.69 Å². The van der Waals surface area contributed by atoms with E-state index in [2.05, 4.69) is 10.3 Å². The van der Waals surface area contributed by atoms with Crippen LogP contribution in [0.3, 0.4) is 0 Å². The summed E-state index contributed by atoms with van der Waals surface area (Å²) in [6.45, 7) is 5.41. The van der Waals surface area contributed by atoms with Crippen molar-refractivity contribution in [1.82, 2.24) is 20.1 Å². The average Bonchev–Trinajstić information content (AvgIpc) is 2.80. The monoisotopic (exact) mass is 344 g/mol. The summed E-state index contributed by atoms with van der Waals surface area (Å²) in [7, 11) is 0. The molecule has 0 aliphatic carbocycles. The fourth-order valence-electron chi connectivity index (χ4n) is 3.80. The van der Waals surface area contributed by atoms with E-state index in [1.165, 1.54) is 0 Å². The standard InChI is InChI=1S/C18H24N4O3/c1-12-7-6-8-13(2)22(12)15(23)11-21-16(24)18(3,20-17(21)25)14-9-4-5-10-19-14/h4-5,9-10,12-13H,6-8,11H2,1-3H3,(H,20,25). The quantitative estimate of drug-likeness (QED) is 0.845. The van der Waals surface area contributed by atoms with Gasteiger partial charge in [-0.1, -0.05) is 6.07 Å². The number of amides is 4. The number of imide groups is 1. The number of aromatic nitrogens is 1. The van der Waals surface area contributed by atoms with Gasteiger partial charge in [-0.25, -0.2) is 4.79 Å². The summed E-state index contributed by atoms with van der Waals surface area (Å²) in [5, 5.41) is 2.68. The van der Waals surface area contributed by atoms with Crippen molar-refractivity contribution in [2.24, 2.45) is 0 Å². The van der Waals surface area contributed by atoms with Crippen molar-refractivity contribution in [2.45, 2.75) is 57.7 Å². The summed E-state index contributed by atoms with van der Waals surface area (Å²) in [5.74, 6) is -0.629. The molecule has 3 rings (SSSR count). The first-order valence-corrected chi connectivity index (χ1v) is 8.71. The molecule has 1 aromatic rings. The van der Waals surface area contributed by atoms with Crippen LogP contribution in [-0.2, 0) is 15.1 Å². The number of likely N-dealkylation sites (tertiary alicyclic amines) is 1. The molecule has 0 radical (unpaired) electrons. The number of pyridine rings is 1. The van der Waals surface area contributed by atoms with Gasteiger partial charge >= 0.3 is 6.03 Å². The van der Waals surface area contributed by atoms with Crippen LogP contribution in [0.4, 0.5) is 4.79 Å². The van der Waals surface area contributed by atoms with Gasteiger partial charge in [0.1, 0.15) is 6.54 Å². The Morgan fingerprint density at radius 2 is 1.96 bits per heavy atom. The van der Waals surface area contributed by atoms with E-state index < -0.39 is 17.5 Å². The Hall–Kier alpha value is -2.44. The minimum Gasteiger partial charge on any atom is -0.336 e. The summed E-state index contributed by atoms with van der Waals surface area (Å²) in [6, 6.07) is 4.90. The lowest BCUT2D eigenvalue weighted by Crippen LogP contribution is -2.52. The second-order valence-electron chi connectivity index (χ2n) is 7.09. The molecule has 0 saturated carbocycles. The minimum atomic E-state index is -1.24. The summed E-state index contributed by atoms with van der Waals surface area (Å²) in [5.41, 5.74) is -0.777. The smallest absolute Gasteiger partial charge is 0.325 e. The third-order valence-corrected chi connectivity index (χ3v) is 5.23. The minimum absolute atomic E-state index is 0.124. The lowest BCUT2D eigenvalue weighted by molar-refractivity contribution is -0.142. The number of carbonyl (C=O) groups excluding carboxylic acids is 3. The topological polar surface area (TPSA) is 82.6 Å². The van der Waals surface area contributed by atoms with Crippen molar-refractivity contribution in [3.05, 3.63) is 30.1 Å². The number of rotatable bonds is 3. The SMILES string of the molecule is CC1CCCC(C)N1C(=O)CN1C(=O)NC(C)(c2ccccn2)C1=O. The maximum atomic E-state index is 12.9. The van der Waals surface area contributed by atoms with Crippen LogP contribution < -0.4 is 5.32 Å². The summed E-state index contributed by atoms with van der Waals surface area (Å²) < 4.78 is 0. The van der Waals surface area contributed by atoms with E-state index in [9.17, 15) is 14.4 Å². The van der Waals surface area contributed by atoms with Gasteiger partial charge in [0.15, 0.2) is 5.54 Å². The van der Waals surface area contributed by atoms with Gasteiger partial charge in [0.2, 0.25) is 5.91 Å². The molecule has 25 heavy (non-hydrogen) atoms. The van der Waals surface area contributed by atoms with Crippen molar-refractivity contribution in [3.63, 3.8) is 0 Å². The van der Waals surface area contributed by atoms with Gasteiger partial charge in [0.25, 0.3) is 5.91 Å². The number of hydrogen-bond donors (Lipinski definition) is 1. The summed E-state index contributed by atoms with van der Waals surface area (Å²) >= 11 is 0. The molecule has 1 aromatic heterocycles. The molecule has 3 heterocycles. The van der Waals surface area contributed by atoms with Crippen LogP contribution in [0.1, 0.15) is 45.7 Å². The zero-order valence-corrected chi connectivity index (χ0v) is 14.9. The van der Waals surface area contributed by atoms with E-state index in [4.69, 9.17) is 0 Å². The van der Waals surface area contributed by atoms with E-state index >= 15 is 0 Å². The largest absolute Gasteiger partial charge is 0.336 e. The number of nitrogens with one attached hydrogen (secondary N) is 1. The Bertz CT molecular complexity index is 683. The first kappa shape index (κ1) is 17.4. The molecule has 1 N–H and O–H groups in total. The molecule has 134 valence electrons. The number of hydrogen-bond acceptors (Lipinski definition) is 4. The first-order chi connectivity index (χ1) is 11.8. The molecule has 0 bridgehead atoms. The van der Waals surface area contributed by atoms with E-state index in [1.807, 2.05) is 13.8 Å². The van der Waals surface area contributed by atoms with E-state index in [0.717, 1.165) is 24.2 Å². The fraction of sp³-hybridized carbons (Fsp3) is 0.556. The Labute approximate surface area is 147 Å². The second-order valence-corrected chi connectivity index (χ2v) is 7.09. The fourth-order valence-corrected chi connectivity index (χ4v) is 3.80. The highest BCUT2D eigenvalue weighted by Gasteiger charge is 2.51. The Morgan fingerprint density at radius 3 is 2.56 bits per heavy atom. The summed E-state index contributed by atoms with van der Waals surface area (Å²) in [6.07, 6.45) is 4.56. The van der Waals surface area contributed by atoms with Crippen LogP contribution >= 0.6 is 0 Å². The number of nitrogens with zero attached hydrogens (tertiary/aromatic N) is 3. The predicted octanol–water partition coefficient (Wildman–Crippen LogP) is 1.64.